The van der Waals surface area contributed by atoms with Crippen LogP contribution in [0.1, 0.15) is 29.2 Å². The van der Waals surface area contributed by atoms with E-state index in [1.54, 1.807) is 0 Å². The summed E-state index contributed by atoms with van der Waals surface area (Å²) in [6.45, 7) is -2.64. The Morgan fingerprint density at radius 1 is 0.704 bits per heavy atom. The van der Waals surface area contributed by atoms with E-state index in [0.29, 0.717) is 11.1 Å². The van der Waals surface area contributed by atoms with Crippen LogP contribution in [0.15, 0.2) is 94.2 Å². The van der Waals surface area contributed by atoms with Gasteiger partial charge in [0.1, 0.15) is 127 Å². The molecule has 1 amide bonds. The number of carbonyl (C=O) groups excluding carboxylic acids is 3. The molecule has 3 fully saturated rings. The second-order valence-corrected chi connectivity index (χ2v) is 19.5. The van der Waals surface area contributed by atoms with Gasteiger partial charge in [-0.3, -0.25) is 19.3 Å². The highest BCUT2D eigenvalue weighted by atomic mass is 16.7. The zero-order chi connectivity index (χ0) is 58.4. The molecule has 9 rings (SSSR count). The number of hydrogen-bond acceptors (Lipinski definition) is 26. The van der Waals surface area contributed by atoms with Gasteiger partial charge in [0, 0.05) is 29.3 Å². The number of phenols is 3. The number of methoxy groups -OCH3 is 2. The SMILES string of the molecule is COc1cc(/C=C/C(=O)OC[C@H]2O[C@@H](O[C@@H]3[C@@H](O)[C@H](O)[C@@H](COC(=O)C[C@]4(O)C(=O)N([C@@H]5O[C@H](CO)[C@@H](O)[C@H](O)[C@H]5O)c5ccccc54)O[C@H]3c3c(OC)cc4oc(-c5ccc(O)cc5)cc(=O)c4c3O)[C@H](O)[C@@H](O)[C@@H]2O)ccc1O. The number of phenolic OH excluding ortho intramolecular Hbond substituents is 3. The Morgan fingerprint density at radius 2 is 1.36 bits per heavy atom. The summed E-state index contributed by atoms with van der Waals surface area (Å²) in [5, 5.41) is 142. The summed E-state index contributed by atoms with van der Waals surface area (Å²) in [4.78, 5) is 55.5. The maximum Gasteiger partial charge on any atom is 0.330 e. The number of hydrogen-bond donors (Lipinski definition) is 13. The second-order valence-electron chi connectivity index (χ2n) is 19.5. The summed E-state index contributed by atoms with van der Waals surface area (Å²) in [6, 6.07) is 17.4. The third-order valence-electron chi connectivity index (χ3n) is 14.4. The summed E-state index contributed by atoms with van der Waals surface area (Å²) in [6.07, 6.45) is -28.1. The highest BCUT2D eigenvalue weighted by molar-refractivity contribution is 6.08. The fraction of sp³-hybridized carbons (Fsp3) is 0.407. The maximum absolute atomic E-state index is 14.2. The predicted molar refractivity (Wildman–Crippen MR) is 271 cm³/mol. The van der Waals surface area contributed by atoms with E-state index in [0.717, 1.165) is 30.2 Å². The summed E-state index contributed by atoms with van der Waals surface area (Å²) in [7, 11) is 2.46. The standard InChI is InChI=1S/C54H57NO26/c1-73-30-15-22(7-13-27(30)58)8-14-36(60)75-21-35-41(63)45(67)48(70)52(80-35)81-50-46(68)42(64)34(78-49(50)39-31(74-2)17-32-38(43(39)65)28(59)16-29(77-32)23-9-11-24(57)12-10-23)20-76-37(61)18-54(72)25-5-3-4-6-26(25)55(53(54)71)51-47(69)44(66)40(62)33(19-56)79-51/h3-17,33-35,40-42,44-52,56-58,62-70,72H,18-21H2,1-2H3/b14-8+/t33-,34-,35-,40-,41-,42-,44+,45+,46+,47-,48-,49+,50-,51-,52+,54-/m1/s1. The zero-order valence-electron chi connectivity index (χ0n) is 42.7. The molecule has 5 aromatic rings. The maximum atomic E-state index is 14.2. The third kappa shape index (κ3) is 11.1. The van der Waals surface area contributed by atoms with Gasteiger partial charge in [-0.2, -0.15) is 0 Å². The fourth-order valence-electron chi connectivity index (χ4n) is 10.1. The number of aliphatic hydroxyl groups excluding tert-OH is 9. The average Bonchev–Trinajstić information content (AvgIpc) is 2.75. The van der Waals surface area contributed by atoms with E-state index < -0.39 is 164 Å². The molecule has 0 saturated carbocycles. The van der Waals surface area contributed by atoms with Gasteiger partial charge in [0.15, 0.2) is 35.0 Å². The molecule has 4 aromatic carbocycles. The van der Waals surface area contributed by atoms with Gasteiger partial charge in [0.25, 0.3) is 5.91 Å². The van der Waals surface area contributed by atoms with Crippen molar-refractivity contribution in [1.82, 2.24) is 0 Å². The lowest BCUT2D eigenvalue weighted by molar-refractivity contribution is -0.343. The lowest BCUT2D eigenvalue weighted by atomic mass is 9.89. The number of amides is 1. The summed E-state index contributed by atoms with van der Waals surface area (Å²) < 4.78 is 51.2. The molecule has 27 nitrogen and oxygen atoms in total. The van der Waals surface area contributed by atoms with Gasteiger partial charge in [0.2, 0.25) is 0 Å². The van der Waals surface area contributed by atoms with Crippen LogP contribution in [-0.4, -0.2) is 204 Å². The topological polar surface area (TPSA) is 421 Å². The third-order valence-corrected chi connectivity index (χ3v) is 14.4. The number of esters is 2. The van der Waals surface area contributed by atoms with Gasteiger partial charge in [-0.15, -0.1) is 0 Å². The van der Waals surface area contributed by atoms with Crippen molar-refractivity contribution in [3.05, 3.63) is 112 Å². The van der Waals surface area contributed by atoms with Gasteiger partial charge in [-0.05, 0) is 54.1 Å². The smallest absolute Gasteiger partial charge is 0.330 e. The molecule has 0 bridgehead atoms. The molecule has 4 aliphatic rings. The van der Waals surface area contributed by atoms with Crippen molar-refractivity contribution in [2.75, 3.05) is 38.9 Å². The molecule has 434 valence electrons. The molecular weight excluding hydrogens is 1080 g/mol. The first-order chi connectivity index (χ1) is 38.6. The van der Waals surface area contributed by atoms with Crippen molar-refractivity contribution in [2.45, 2.75) is 104 Å². The molecule has 1 aromatic heterocycles. The molecular formula is C54H57NO26. The summed E-state index contributed by atoms with van der Waals surface area (Å²) >= 11 is 0. The number of aromatic hydroxyl groups is 3. The molecule has 0 radical (unpaired) electrons. The Labute approximate surface area is 457 Å². The highest BCUT2D eigenvalue weighted by Crippen LogP contribution is 2.48. The lowest BCUT2D eigenvalue weighted by Crippen LogP contribution is -2.64. The van der Waals surface area contributed by atoms with E-state index in [1.165, 1.54) is 79.9 Å². The van der Waals surface area contributed by atoms with E-state index in [9.17, 15) is 85.6 Å². The van der Waals surface area contributed by atoms with Crippen molar-refractivity contribution in [3.63, 3.8) is 0 Å². The number of para-hydroxylation sites is 1. The predicted octanol–water partition coefficient (Wildman–Crippen LogP) is -1.83. The van der Waals surface area contributed by atoms with Crippen molar-refractivity contribution >= 4 is 40.6 Å². The van der Waals surface area contributed by atoms with Crippen molar-refractivity contribution in [2.24, 2.45) is 0 Å². The quantitative estimate of drug-likeness (QED) is 0.0382. The van der Waals surface area contributed by atoms with Gasteiger partial charge < -0.3 is 109 Å². The minimum Gasteiger partial charge on any atom is -0.508 e. The van der Waals surface area contributed by atoms with Crippen LogP contribution in [-0.2, 0) is 48.4 Å². The van der Waals surface area contributed by atoms with Crippen LogP contribution in [0.3, 0.4) is 0 Å². The minimum atomic E-state index is -2.76. The van der Waals surface area contributed by atoms with Crippen LogP contribution in [0.25, 0.3) is 28.4 Å². The molecule has 0 unspecified atom stereocenters. The average molecular weight is 1140 g/mol. The van der Waals surface area contributed by atoms with E-state index >= 15 is 0 Å². The Hall–Kier alpha value is -7.32. The van der Waals surface area contributed by atoms with Crippen LogP contribution in [0.2, 0.25) is 0 Å². The monoisotopic (exact) mass is 1140 g/mol. The Bertz CT molecular complexity index is 3220. The van der Waals surface area contributed by atoms with E-state index in [1.807, 2.05) is 0 Å². The minimum absolute atomic E-state index is 0.00950. The molecule has 27 heteroatoms. The number of anilines is 1. The number of carbonyl (C=O) groups is 3. The van der Waals surface area contributed by atoms with Gasteiger partial charge >= 0.3 is 11.9 Å². The second kappa shape index (κ2) is 23.6. The first kappa shape index (κ1) is 58.3. The fourth-order valence-corrected chi connectivity index (χ4v) is 10.1. The molecule has 16 atom stereocenters. The van der Waals surface area contributed by atoms with Crippen molar-refractivity contribution in [1.29, 1.82) is 0 Å². The van der Waals surface area contributed by atoms with Crippen molar-refractivity contribution in [3.8, 4) is 40.1 Å². The summed E-state index contributed by atoms with van der Waals surface area (Å²) in [5.41, 5.74) is -3.88. The highest BCUT2D eigenvalue weighted by Gasteiger charge is 2.58. The molecule has 4 aliphatic heterocycles. The molecule has 81 heavy (non-hydrogen) atoms. The molecule has 0 aliphatic carbocycles. The van der Waals surface area contributed by atoms with Crippen LogP contribution >= 0.6 is 0 Å². The normalized spacial score (nSPS) is 31.2. The summed E-state index contributed by atoms with van der Waals surface area (Å²) in [5.74, 6) is -4.95. The van der Waals surface area contributed by atoms with Gasteiger partial charge in [0.05, 0.1) is 38.5 Å². The van der Waals surface area contributed by atoms with Crippen LogP contribution in [0, 0.1) is 0 Å². The van der Waals surface area contributed by atoms with E-state index in [-0.39, 0.29) is 45.6 Å². The number of fused-ring (bicyclic) bond motifs is 2. The number of rotatable bonds is 16. The Balaban J connectivity index is 0.995. The first-order valence-corrected chi connectivity index (χ1v) is 25.0. The molecule has 0 spiro atoms. The number of benzene rings is 4. The largest absolute Gasteiger partial charge is 0.508 e. The Morgan fingerprint density at radius 3 is 2.06 bits per heavy atom. The molecule has 13 N–H and O–H groups in total. The zero-order valence-corrected chi connectivity index (χ0v) is 42.7. The number of nitrogens with zero attached hydrogens (tertiary/aromatic N) is 1. The Kier molecular flexibility index (Phi) is 17.0. The van der Waals surface area contributed by atoms with Gasteiger partial charge in [-0.25, -0.2) is 4.79 Å². The molecule has 3 saturated heterocycles. The van der Waals surface area contributed by atoms with Gasteiger partial charge in [-0.1, -0.05) is 24.3 Å². The van der Waals surface area contributed by atoms with Crippen LogP contribution < -0.4 is 19.8 Å². The first-order valence-electron chi connectivity index (χ1n) is 25.0. The van der Waals surface area contributed by atoms with E-state index in [2.05, 4.69) is 0 Å². The lowest BCUT2D eigenvalue weighted by Gasteiger charge is -2.46. The number of aliphatic hydroxyl groups is 10. The molecule has 5 heterocycles. The van der Waals surface area contributed by atoms with Crippen LogP contribution in [0.4, 0.5) is 5.69 Å². The number of ether oxygens (including phenoxy) is 8. The van der Waals surface area contributed by atoms with E-state index in [4.69, 9.17) is 42.3 Å². The van der Waals surface area contributed by atoms with Crippen molar-refractivity contribution < 1.29 is 123 Å². The van der Waals surface area contributed by atoms with Crippen LogP contribution in [0.5, 0.6) is 28.7 Å².